The van der Waals surface area contributed by atoms with E-state index in [1.54, 1.807) is 12.1 Å². The van der Waals surface area contributed by atoms with Crippen LogP contribution in [-0.4, -0.2) is 10.9 Å². The van der Waals surface area contributed by atoms with Crippen molar-refractivity contribution in [2.24, 2.45) is 5.73 Å². The van der Waals surface area contributed by atoms with E-state index >= 15 is 0 Å². The third-order valence-corrected chi connectivity index (χ3v) is 3.77. The van der Waals surface area contributed by atoms with Gasteiger partial charge in [0.1, 0.15) is 5.69 Å². The number of pyridine rings is 1. The summed E-state index contributed by atoms with van der Waals surface area (Å²) in [6.45, 7) is 1.86. The molecule has 1 amide bonds. The molecular weight excluding hydrogens is 284 g/mol. The van der Waals surface area contributed by atoms with Gasteiger partial charge in [0.05, 0.1) is 5.69 Å². The second-order valence-corrected chi connectivity index (χ2v) is 5.29. The summed E-state index contributed by atoms with van der Waals surface area (Å²) in [5.41, 5.74) is 8.20. The number of benzene rings is 2. The summed E-state index contributed by atoms with van der Waals surface area (Å²) in [5, 5.41) is 2.62. The molecule has 1 aromatic heterocycles. The molecule has 0 aliphatic carbocycles. The zero-order valence-corrected chi connectivity index (χ0v) is 12.2. The first-order chi connectivity index (χ1) is 10.1. The smallest absolute Gasteiger partial charge is 0.267 e. The molecule has 0 spiro atoms. The third-order valence-electron chi connectivity index (χ3n) is 3.52. The predicted octanol–water partition coefficient (Wildman–Crippen LogP) is 3.96. The summed E-state index contributed by atoms with van der Waals surface area (Å²) in [6, 6.07) is 15.2. The van der Waals surface area contributed by atoms with Crippen molar-refractivity contribution in [1.82, 2.24) is 4.98 Å². The summed E-state index contributed by atoms with van der Waals surface area (Å²) in [4.78, 5) is 16.1. The van der Waals surface area contributed by atoms with Crippen molar-refractivity contribution in [3.05, 3.63) is 64.8 Å². The van der Waals surface area contributed by atoms with Gasteiger partial charge in [-0.3, -0.25) is 4.79 Å². The molecule has 21 heavy (non-hydrogen) atoms. The summed E-state index contributed by atoms with van der Waals surface area (Å²) in [6.07, 6.45) is 0. The fourth-order valence-corrected chi connectivity index (χ4v) is 2.59. The molecule has 3 rings (SSSR count). The molecule has 0 fully saturated rings. The highest BCUT2D eigenvalue weighted by Crippen LogP contribution is 2.30. The lowest BCUT2D eigenvalue weighted by Gasteiger charge is -2.11. The Kier molecular flexibility index (Phi) is 3.35. The van der Waals surface area contributed by atoms with Crippen molar-refractivity contribution in [2.75, 3.05) is 0 Å². The van der Waals surface area contributed by atoms with Crippen molar-refractivity contribution in [3.63, 3.8) is 0 Å². The van der Waals surface area contributed by atoms with Crippen LogP contribution in [0.25, 0.3) is 22.0 Å². The summed E-state index contributed by atoms with van der Waals surface area (Å²) in [5.74, 6) is -0.520. The Morgan fingerprint density at radius 2 is 1.67 bits per heavy atom. The van der Waals surface area contributed by atoms with Crippen molar-refractivity contribution in [2.45, 2.75) is 6.92 Å². The number of primary amides is 1. The van der Waals surface area contributed by atoms with Gasteiger partial charge in [-0.2, -0.15) is 0 Å². The molecule has 2 N–H and O–H groups in total. The Morgan fingerprint density at radius 3 is 2.29 bits per heavy atom. The Balaban J connectivity index is 2.38. The number of rotatable bonds is 2. The van der Waals surface area contributed by atoms with Gasteiger partial charge in [0.2, 0.25) is 0 Å². The molecule has 1 heterocycles. The van der Waals surface area contributed by atoms with E-state index in [2.05, 4.69) is 4.98 Å². The average molecular weight is 297 g/mol. The summed E-state index contributed by atoms with van der Waals surface area (Å²) >= 11 is 5.93. The number of fused-ring (bicyclic) bond motifs is 1. The van der Waals surface area contributed by atoms with E-state index in [-0.39, 0.29) is 0 Å². The van der Waals surface area contributed by atoms with E-state index in [0.717, 1.165) is 27.6 Å². The third kappa shape index (κ3) is 2.36. The number of halogens is 1. The molecule has 0 aliphatic heterocycles. The van der Waals surface area contributed by atoms with Gasteiger partial charge < -0.3 is 5.73 Å². The molecule has 3 aromatic rings. The molecule has 0 unspecified atom stereocenters. The number of amides is 1. The predicted molar refractivity (Wildman–Crippen MR) is 85.4 cm³/mol. The first kappa shape index (κ1) is 13.6. The van der Waals surface area contributed by atoms with Gasteiger partial charge in [0, 0.05) is 16.0 Å². The lowest BCUT2D eigenvalue weighted by atomic mass is 9.99. The largest absolute Gasteiger partial charge is 0.364 e. The Morgan fingerprint density at radius 1 is 1.05 bits per heavy atom. The van der Waals surface area contributed by atoms with Crippen LogP contribution in [0.5, 0.6) is 0 Å². The molecule has 0 radical (unpaired) electrons. The van der Waals surface area contributed by atoms with Crippen LogP contribution >= 0.6 is 11.6 Å². The zero-order chi connectivity index (χ0) is 15.0. The normalized spacial score (nSPS) is 10.8. The first-order valence-corrected chi connectivity index (χ1v) is 6.91. The first-order valence-electron chi connectivity index (χ1n) is 6.53. The number of nitrogens with zero attached hydrogens (tertiary/aromatic N) is 1. The maximum absolute atomic E-state index is 11.6. The van der Waals surface area contributed by atoms with Gasteiger partial charge in [-0.15, -0.1) is 0 Å². The topological polar surface area (TPSA) is 56.0 Å². The molecule has 104 valence electrons. The van der Waals surface area contributed by atoms with E-state index in [4.69, 9.17) is 17.3 Å². The van der Waals surface area contributed by atoms with Gasteiger partial charge in [-0.25, -0.2) is 4.98 Å². The number of hydrogen-bond acceptors (Lipinski definition) is 2. The molecule has 4 heteroatoms. The van der Waals surface area contributed by atoms with Crippen LogP contribution in [0.2, 0.25) is 5.02 Å². The van der Waals surface area contributed by atoms with Crippen LogP contribution in [0.1, 0.15) is 16.1 Å². The quantitative estimate of drug-likeness (QED) is 0.778. The zero-order valence-electron chi connectivity index (χ0n) is 11.4. The second-order valence-electron chi connectivity index (χ2n) is 4.85. The monoisotopic (exact) mass is 296 g/mol. The number of nitrogens with two attached hydrogens (primary N) is 1. The number of aromatic nitrogens is 1. The fraction of sp³-hybridized carbons (Fsp3) is 0.0588. The molecule has 0 atom stereocenters. The standard InChI is InChI=1S/C17H13ClN2O/c1-10-13-4-2-3-5-14(13)16(20-15(10)17(19)21)11-6-8-12(18)9-7-11/h2-9H,1H3,(H2,19,21). The van der Waals surface area contributed by atoms with Gasteiger partial charge in [-0.1, -0.05) is 48.0 Å². The van der Waals surface area contributed by atoms with Gasteiger partial charge in [0.15, 0.2) is 0 Å². The van der Waals surface area contributed by atoms with Crippen molar-refractivity contribution >= 4 is 28.3 Å². The Labute approximate surface area is 127 Å². The van der Waals surface area contributed by atoms with Crippen LogP contribution in [-0.2, 0) is 0 Å². The number of carbonyl (C=O) groups is 1. The Hall–Kier alpha value is -2.39. The molecule has 0 saturated carbocycles. The van der Waals surface area contributed by atoms with E-state index < -0.39 is 5.91 Å². The number of hydrogen-bond donors (Lipinski definition) is 1. The highest BCUT2D eigenvalue weighted by Gasteiger charge is 2.15. The Bertz CT molecular complexity index is 841. The average Bonchev–Trinajstić information content (AvgIpc) is 2.49. The van der Waals surface area contributed by atoms with Gasteiger partial charge in [-0.05, 0) is 30.0 Å². The lowest BCUT2D eigenvalue weighted by Crippen LogP contribution is -2.15. The molecule has 0 bridgehead atoms. The van der Waals surface area contributed by atoms with Crippen LogP contribution in [0.15, 0.2) is 48.5 Å². The maximum atomic E-state index is 11.6. The van der Waals surface area contributed by atoms with Crippen LogP contribution in [0, 0.1) is 6.92 Å². The lowest BCUT2D eigenvalue weighted by molar-refractivity contribution is 0.0995. The van der Waals surface area contributed by atoms with Gasteiger partial charge in [0.25, 0.3) is 5.91 Å². The van der Waals surface area contributed by atoms with Crippen molar-refractivity contribution < 1.29 is 4.79 Å². The molecule has 0 saturated heterocycles. The number of carbonyl (C=O) groups excluding carboxylic acids is 1. The van der Waals surface area contributed by atoms with Crippen LogP contribution in [0.3, 0.4) is 0 Å². The van der Waals surface area contributed by atoms with E-state index in [1.807, 2.05) is 43.3 Å². The molecule has 3 nitrogen and oxygen atoms in total. The maximum Gasteiger partial charge on any atom is 0.267 e. The van der Waals surface area contributed by atoms with E-state index in [0.29, 0.717) is 10.7 Å². The minimum absolute atomic E-state index is 0.304. The SMILES string of the molecule is Cc1c(C(N)=O)nc(-c2ccc(Cl)cc2)c2ccccc12. The summed E-state index contributed by atoms with van der Waals surface area (Å²) in [7, 11) is 0. The summed E-state index contributed by atoms with van der Waals surface area (Å²) < 4.78 is 0. The van der Waals surface area contributed by atoms with E-state index in [1.165, 1.54) is 0 Å². The minimum Gasteiger partial charge on any atom is -0.364 e. The second kappa shape index (κ2) is 5.19. The highest BCUT2D eigenvalue weighted by molar-refractivity contribution is 6.30. The van der Waals surface area contributed by atoms with E-state index in [9.17, 15) is 4.79 Å². The van der Waals surface area contributed by atoms with Crippen molar-refractivity contribution in [3.8, 4) is 11.3 Å². The van der Waals surface area contributed by atoms with Crippen LogP contribution in [0.4, 0.5) is 0 Å². The van der Waals surface area contributed by atoms with Crippen LogP contribution < -0.4 is 5.73 Å². The highest BCUT2D eigenvalue weighted by atomic mass is 35.5. The number of aryl methyl sites for hydroxylation is 1. The molecular formula is C17H13ClN2O. The van der Waals surface area contributed by atoms with Gasteiger partial charge >= 0.3 is 0 Å². The molecule has 0 aliphatic rings. The minimum atomic E-state index is -0.520. The fourth-order valence-electron chi connectivity index (χ4n) is 2.47. The molecule has 2 aromatic carbocycles. The van der Waals surface area contributed by atoms with Crippen molar-refractivity contribution in [1.29, 1.82) is 0 Å².